The molecular formula is C17H25NO3. The molecule has 1 heterocycles. The number of hydrogen-bond acceptors (Lipinski definition) is 4. The van der Waals surface area contributed by atoms with Crippen LogP contribution in [0.15, 0.2) is 18.2 Å². The van der Waals surface area contributed by atoms with Crippen molar-refractivity contribution in [3.63, 3.8) is 0 Å². The highest BCUT2D eigenvalue weighted by molar-refractivity contribution is 5.43. The Bertz CT molecular complexity index is 463. The Morgan fingerprint density at radius 1 is 1.19 bits per heavy atom. The molecule has 0 saturated heterocycles. The summed E-state index contributed by atoms with van der Waals surface area (Å²) in [6.07, 6.45) is 6.33. The van der Waals surface area contributed by atoms with E-state index in [-0.39, 0.29) is 0 Å². The van der Waals surface area contributed by atoms with Gasteiger partial charge in [-0.05, 0) is 56.3 Å². The highest BCUT2D eigenvalue weighted by atomic mass is 16.6. The molecule has 2 atom stereocenters. The molecule has 21 heavy (non-hydrogen) atoms. The van der Waals surface area contributed by atoms with Crippen LogP contribution in [0.25, 0.3) is 0 Å². The van der Waals surface area contributed by atoms with Gasteiger partial charge in [0.2, 0.25) is 0 Å². The van der Waals surface area contributed by atoms with E-state index in [0.29, 0.717) is 25.4 Å². The van der Waals surface area contributed by atoms with E-state index in [9.17, 15) is 0 Å². The Hall–Kier alpha value is -1.26. The van der Waals surface area contributed by atoms with E-state index >= 15 is 0 Å². The van der Waals surface area contributed by atoms with Gasteiger partial charge in [0.15, 0.2) is 11.5 Å². The van der Waals surface area contributed by atoms with Gasteiger partial charge in [0.1, 0.15) is 13.2 Å². The van der Waals surface area contributed by atoms with Crippen LogP contribution in [-0.4, -0.2) is 39.0 Å². The lowest BCUT2D eigenvalue weighted by Gasteiger charge is -2.29. The first-order valence-corrected chi connectivity index (χ1v) is 8.00. The van der Waals surface area contributed by atoms with Crippen LogP contribution in [0.2, 0.25) is 0 Å². The summed E-state index contributed by atoms with van der Waals surface area (Å²) >= 11 is 0. The highest BCUT2D eigenvalue weighted by Crippen LogP contribution is 2.30. The van der Waals surface area contributed by atoms with Crippen LogP contribution >= 0.6 is 0 Å². The van der Waals surface area contributed by atoms with Gasteiger partial charge < -0.3 is 19.5 Å². The number of rotatable bonds is 5. The van der Waals surface area contributed by atoms with E-state index in [1.54, 1.807) is 0 Å². The fraction of sp³-hybridized carbons (Fsp3) is 0.647. The van der Waals surface area contributed by atoms with Crippen molar-refractivity contribution in [3.05, 3.63) is 23.8 Å². The minimum atomic E-state index is 0.436. The van der Waals surface area contributed by atoms with Crippen LogP contribution in [0.5, 0.6) is 11.5 Å². The summed E-state index contributed by atoms with van der Waals surface area (Å²) in [7, 11) is 1.82. The van der Waals surface area contributed by atoms with Crippen molar-refractivity contribution in [2.24, 2.45) is 0 Å². The molecule has 1 aliphatic heterocycles. The predicted molar refractivity (Wildman–Crippen MR) is 82.2 cm³/mol. The Morgan fingerprint density at radius 2 is 2.05 bits per heavy atom. The first-order chi connectivity index (χ1) is 10.3. The van der Waals surface area contributed by atoms with Crippen LogP contribution < -0.4 is 14.8 Å². The average molecular weight is 291 g/mol. The van der Waals surface area contributed by atoms with Crippen LogP contribution in [0.3, 0.4) is 0 Å². The summed E-state index contributed by atoms with van der Waals surface area (Å²) < 4.78 is 16.7. The molecule has 0 amide bonds. The van der Waals surface area contributed by atoms with Crippen LogP contribution in [-0.2, 0) is 11.2 Å². The predicted octanol–water partition coefficient (Wildman–Crippen LogP) is 2.55. The van der Waals surface area contributed by atoms with Crippen molar-refractivity contribution in [1.82, 2.24) is 5.32 Å². The van der Waals surface area contributed by atoms with Crippen molar-refractivity contribution in [3.8, 4) is 11.5 Å². The quantitative estimate of drug-likeness (QED) is 0.905. The second-order valence-corrected chi connectivity index (χ2v) is 5.90. The molecule has 1 fully saturated rings. The molecular weight excluding hydrogens is 266 g/mol. The first-order valence-electron chi connectivity index (χ1n) is 8.00. The number of hydrogen-bond donors (Lipinski definition) is 1. The maximum absolute atomic E-state index is 5.63. The summed E-state index contributed by atoms with van der Waals surface area (Å²) in [5, 5.41) is 3.66. The zero-order valence-corrected chi connectivity index (χ0v) is 12.8. The summed E-state index contributed by atoms with van der Waals surface area (Å²) in [5.41, 5.74) is 1.30. The summed E-state index contributed by atoms with van der Waals surface area (Å²) in [6.45, 7) is 2.30. The van der Waals surface area contributed by atoms with Crippen molar-refractivity contribution in [1.29, 1.82) is 0 Å². The standard InChI is InChI=1S/C17H25NO3/c1-19-15-4-2-3-14(12-15)18-8-7-13-5-6-16-17(11-13)21-10-9-20-16/h5-6,11,14-15,18H,2-4,7-10,12H2,1H3. The van der Waals surface area contributed by atoms with Gasteiger partial charge in [-0.15, -0.1) is 0 Å². The monoisotopic (exact) mass is 291 g/mol. The van der Waals surface area contributed by atoms with E-state index in [1.807, 2.05) is 13.2 Å². The molecule has 0 aromatic heterocycles. The van der Waals surface area contributed by atoms with E-state index in [2.05, 4.69) is 17.4 Å². The fourth-order valence-corrected chi connectivity index (χ4v) is 3.21. The number of nitrogens with one attached hydrogen (secondary N) is 1. The summed E-state index contributed by atoms with van der Waals surface area (Å²) in [6, 6.07) is 6.86. The van der Waals surface area contributed by atoms with Crippen molar-refractivity contribution < 1.29 is 14.2 Å². The third-order valence-electron chi connectivity index (χ3n) is 4.41. The van der Waals surface area contributed by atoms with Gasteiger partial charge in [0.25, 0.3) is 0 Å². The molecule has 0 spiro atoms. The third kappa shape index (κ3) is 3.89. The Balaban J connectivity index is 1.47. The average Bonchev–Trinajstić information content (AvgIpc) is 2.55. The summed E-state index contributed by atoms with van der Waals surface area (Å²) in [5.74, 6) is 1.75. The number of benzene rings is 1. The number of fused-ring (bicyclic) bond motifs is 1. The molecule has 0 bridgehead atoms. The van der Waals surface area contributed by atoms with E-state index in [0.717, 1.165) is 30.9 Å². The zero-order valence-electron chi connectivity index (χ0n) is 12.8. The van der Waals surface area contributed by atoms with Gasteiger partial charge in [-0.2, -0.15) is 0 Å². The van der Waals surface area contributed by atoms with E-state index in [1.165, 1.54) is 24.8 Å². The van der Waals surface area contributed by atoms with Crippen LogP contribution in [0.4, 0.5) is 0 Å². The Morgan fingerprint density at radius 3 is 2.90 bits per heavy atom. The van der Waals surface area contributed by atoms with Gasteiger partial charge in [0, 0.05) is 13.2 Å². The minimum absolute atomic E-state index is 0.436. The lowest BCUT2D eigenvalue weighted by Crippen LogP contribution is -2.37. The van der Waals surface area contributed by atoms with E-state index < -0.39 is 0 Å². The van der Waals surface area contributed by atoms with Crippen molar-refractivity contribution in [2.75, 3.05) is 26.9 Å². The molecule has 1 aromatic rings. The lowest BCUT2D eigenvalue weighted by molar-refractivity contribution is 0.0590. The molecule has 4 nitrogen and oxygen atoms in total. The SMILES string of the molecule is COC1CCCC(NCCc2ccc3c(c2)OCCO3)C1. The topological polar surface area (TPSA) is 39.7 Å². The number of ether oxygens (including phenoxy) is 3. The second-order valence-electron chi connectivity index (χ2n) is 5.90. The molecule has 3 rings (SSSR count). The highest BCUT2D eigenvalue weighted by Gasteiger charge is 2.21. The lowest BCUT2D eigenvalue weighted by atomic mass is 9.93. The molecule has 2 unspecified atom stereocenters. The smallest absolute Gasteiger partial charge is 0.161 e. The van der Waals surface area contributed by atoms with Gasteiger partial charge in [0.05, 0.1) is 6.10 Å². The molecule has 2 aliphatic rings. The molecule has 1 N–H and O–H groups in total. The number of methoxy groups -OCH3 is 1. The normalized spacial score (nSPS) is 24.8. The van der Waals surface area contributed by atoms with Gasteiger partial charge in [-0.25, -0.2) is 0 Å². The van der Waals surface area contributed by atoms with Gasteiger partial charge in [-0.1, -0.05) is 6.07 Å². The maximum atomic E-state index is 5.63. The summed E-state index contributed by atoms with van der Waals surface area (Å²) in [4.78, 5) is 0. The molecule has 1 aliphatic carbocycles. The second kappa shape index (κ2) is 7.14. The first kappa shape index (κ1) is 14.7. The zero-order chi connectivity index (χ0) is 14.5. The minimum Gasteiger partial charge on any atom is -0.486 e. The Kier molecular flexibility index (Phi) is 4.99. The molecule has 116 valence electrons. The fourth-order valence-electron chi connectivity index (χ4n) is 3.21. The molecule has 0 radical (unpaired) electrons. The van der Waals surface area contributed by atoms with Crippen molar-refractivity contribution >= 4 is 0 Å². The Labute approximate surface area is 126 Å². The largest absolute Gasteiger partial charge is 0.486 e. The van der Waals surface area contributed by atoms with E-state index in [4.69, 9.17) is 14.2 Å². The molecule has 4 heteroatoms. The third-order valence-corrected chi connectivity index (χ3v) is 4.41. The molecule has 1 aromatic carbocycles. The molecule has 1 saturated carbocycles. The van der Waals surface area contributed by atoms with Crippen LogP contribution in [0, 0.1) is 0 Å². The van der Waals surface area contributed by atoms with Gasteiger partial charge >= 0.3 is 0 Å². The maximum Gasteiger partial charge on any atom is 0.161 e. The van der Waals surface area contributed by atoms with Crippen LogP contribution in [0.1, 0.15) is 31.2 Å². The van der Waals surface area contributed by atoms with Crippen molar-refractivity contribution in [2.45, 2.75) is 44.2 Å². The van der Waals surface area contributed by atoms with Gasteiger partial charge in [-0.3, -0.25) is 0 Å².